The first-order valence-electron chi connectivity index (χ1n) is 7.10. The molecular weight excluding hydrogens is 238 g/mol. The molecule has 1 heterocycles. The molecule has 0 bridgehead atoms. The van der Waals surface area contributed by atoms with Gasteiger partial charge in [-0.25, -0.2) is 0 Å². The van der Waals surface area contributed by atoms with E-state index in [4.69, 9.17) is 0 Å². The summed E-state index contributed by atoms with van der Waals surface area (Å²) < 4.78 is 0. The van der Waals surface area contributed by atoms with Gasteiger partial charge in [-0.15, -0.1) is 0 Å². The minimum Gasteiger partial charge on any atom is -0.384 e. The van der Waals surface area contributed by atoms with Crippen LogP contribution in [-0.4, -0.2) is 24.0 Å². The number of rotatable bonds is 8. The third-order valence-corrected chi connectivity index (χ3v) is 2.87. The second-order valence-electron chi connectivity index (χ2n) is 5.18. The van der Waals surface area contributed by atoms with Crippen molar-refractivity contribution in [2.24, 2.45) is 5.92 Å². The van der Waals surface area contributed by atoms with Crippen molar-refractivity contribution in [2.75, 3.05) is 18.4 Å². The minimum atomic E-state index is -0.0477. The number of anilines is 1. The lowest BCUT2D eigenvalue weighted by molar-refractivity contribution is 0.0953. The molecule has 106 valence electrons. The zero-order valence-corrected chi connectivity index (χ0v) is 12.2. The maximum Gasteiger partial charge on any atom is 0.252 e. The normalized spacial score (nSPS) is 10.5. The highest BCUT2D eigenvalue weighted by atomic mass is 16.1. The van der Waals surface area contributed by atoms with Gasteiger partial charge in [-0.3, -0.25) is 9.78 Å². The standard InChI is InChI=1S/C15H25N3O/c1-4-5-7-18-15(19)13-9-14(11-16-10-13)17-8-6-12(2)3/h9-12,17H,4-8H2,1-3H3,(H,18,19). The van der Waals surface area contributed by atoms with Crippen LogP contribution in [-0.2, 0) is 0 Å². The Morgan fingerprint density at radius 3 is 2.79 bits per heavy atom. The van der Waals surface area contributed by atoms with Crippen molar-refractivity contribution in [3.63, 3.8) is 0 Å². The van der Waals surface area contributed by atoms with Crippen LogP contribution in [0.2, 0.25) is 0 Å². The van der Waals surface area contributed by atoms with Gasteiger partial charge in [-0.1, -0.05) is 27.2 Å². The van der Waals surface area contributed by atoms with E-state index in [0.29, 0.717) is 11.5 Å². The van der Waals surface area contributed by atoms with E-state index in [9.17, 15) is 4.79 Å². The third kappa shape index (κ3) is 6.22. The number of pyridine rings is 1. The van der Waals surface area contributed by atoms with Crippen LogP contribution < -0.4 is 10.6 Å². The quantitative estimate of drug-likeness (QED) is 0.709. The Labute approximate surface area is 116 Å². The van der Waals surface area contributed by atoms with Crippen LogP contribution >= 0.6 is 0 Å². The molecule has 4 heteroatoms. The summed E-state index contributed by atoms with van der Waals surface area (Å²) in [4.78, 5) is 16.0. The first-order chi connectivity index (χ1) is 9.13. The van der Waals surface area contributed by atoms with E-state index < -0.39 is 0 Å². The summed E-state index contributed by atoms with van der Waals surface area (Å²) >= 11 is 0. The van der Waals surface area contributed by atoms with Gasteiger partial charge in [-0.2, -0.15) is 0 Å². The largest absolute Gasteiger partial charge is 0.384 e. The molecule has 1 amide bonds. The highest BCUT2D eigenvalue weighted by Crippen LogP contribution is 2.09. The number of amides is 1. The zero-order valence-electron chi connectivity index (χ0n) is 12.2. The van der Waals surface area contributed by atoms with E-state index in [1.54, 1.807) is 12.4 Å². The minimum absolute atomic E-state index is 0.0477. The van der Waals surface area contributed by atoms with Crippen molar-refractivity contribution in [2.45, 2.75) is 40.0 Å². The van der Waals surface area contributed by atoms with E-state index in [0.717, 1.165) is 38.0 Å². The monoisotopic (exact) mass is 263 g/mol. The number of carbonyl (C=O) groups is 1. The predicted octanol–water partition coefficient (Wildman–Crippen LogP) is 3.07. The molecule has 0 aliphatic rings. The highest BCUT2D eigenvalue weighted by Gasteiger charge is 2.06. The topological polar surface area (TPSA) is 54.0 Å². The van der Waals surface area contributed by atoms with Crippen LogP contribution in [0.15, 0.2) is 18.5 Å². The fourth-order valence-electron chi connectivity index (χ4n) is 1.65. The maximum absolute atomic E-state index is 11.9. The van der Waals surface area contributed by atoms with Crippen LogP contribution in [0.3, 0.4) is 0 Å². The molecular formula is C15H25N3O. The van der Waals surface area contributed by atoms with Crippen molar-refractivity contribution in [1.29, 1.82) is 0 Å². The molecule has 4 nitrogen and oxygen atoms in total. The fourth-order valence-corrected chi connectivity index (χ4v) is 1.65. The molecule has 0 saturated heterocycles. The first-order valence-corrected chi connectivity index (χ1v) is 7.10. The van der Waals surface area contributed by atoms with Crippen molar-refractivity contribution < 1.29 is 4.79 Å². The molecule has 1 aromatic heterocycles. The van der Waals surface area contributed by atoms with Crippen LogP contribution in [0.4, 0.5) is 5.69 Å². The SMILES string of the molecule is CCCCNC(=O)c1cncc(NCCC(C)C)c1. The number of hydrogen-bond donors (Lipinski definition) is 2. The maximum atomic E-state index is 11.9. The zero-order chi connectivity index (χ0) is 14.1. The van der Waals surface area contributed by atoms with Crippen LogP contribution in [0, 0.1) is 5.92 Å². The van der Waals surface area contributed by atoms with Crippen LogP contribution in [0.25, 0.3) is 0 Å². The number of carbonyl (C=O) groups excluding carboxylic acids is 1. The number of hydrogen-bond acceptors (Lipinski definition) is 3. The van der Waals surface area contributed by atoms with E-state index in [2.05, 4.69) is 36.4 Å². The second kappa shape index (κ2) is 8.51. The van der Waals surface area contributed by atoms with Gasteiger partial charge in [0.1, 0.15) is 0 Å². The van der Waals surface area contributed by atoms with Gasteiger partial charge in [0.15, 0.2) is 0 Å². The average Bonchev–Trinajstić information content (AvgIpc) is 2.39. The summed E-state index contributed by atoms with van der Waals surface area (Å²) in [5.41, 5.74) is 1.52. The number of aromatic nitrogens is 1. The third-order valence-electron chi connectivity index (χ3n) is 2.87. The molecule has 0 saturated carbocycles. The lowest BCUT2D eigenvalue weighted by Gasteiger charge is -2.09. The lowest BCUT2D eigenvalue weighted by Crippen LogP contribution is -2.24. The fraction of sp³-hybridized carbons (Fsp3) is 0.600. The van der Waals surface area contributed by atoms with Crippen molar-refractivity contribution in [3.8, 4) is 0 Å². The van der Waals surface area contributed by atoms with Gasteiger partial charge in [-0.05, 0) is 24.8 Å². The van der Waals surface area contributed by atoms with E-state index >= 15 is 0 Å². The number of unbranched alkanes of at least 4 members (excludes halogenated alkanes) is 1. The van der Waals surface area contributed by atoms with Gasteiger partial charge < -0.3 is 10.6 Å². The molecule has 0 aliphatic carbocycles. The summed E-state index contributed by atoms with van der Waals surface area (Å²) in [6, 6.07) is 1.86. The molecule has 1 aromatic rings. The first kappa shape index (κ1) is 15.5. The predicted molar refractivity (Wildman–Crippen MR) is 79.4 cm³/mol. The molecule has 0 aliphatic heterocycles. The Morgan fingerprint density at radius 1 is 1.32 bits per heavy atom. The van der Waals surface area contributed by atoms with Crippen LogP contribution in [0.5, 0.6) is 0 Å². The molecule has 0 unspecified atom stereocenters. The van der Waals surface area contributed by atoms with E-state index in [-0.39, 0.29) is 5.91 Å². The number of nitrogens with zero attached hydrogens (tertiary/aromatic N) is 1. The Hall–Kier alpha value is -1.58. The van der Waals surface area contributed by atoms with Crippen LogP contribution in [0.1, 0.15) is 50.4 Å². The van der Waals surface area contributed by atoms with Gasteiger partial charge in [0, 0.05) is 25.5 Å². The van der Waals surface area contributed by atoms with Gasteiger partial charge in [0.2, 0.25) is 0 Å². The molecule has 2 N–H and O–H groups in total. The Kier molecular flexibility index (Phi) is 6.93. The highest BCUT2D eigenvalue weighted by molar-refractivity contribution is 5.94. The molecule has 0 fully saturated rings. The van der Waals surface area contributed by atoms with E-state index in [1.165, 1.54) is 0 Å². The average molecular weight is 263 g/mol. The van der Waals surface area contributed by atoms with Gasteiger partial charge >= 0.3 is 0 Å². The molecule has 19 heavy (non-hydrogen) atoms. The summed E-state index contributed by atoms with van der Waals surface area (Å²) in [5.74, 6) is 0.620. The molecule has 0 aromatic carbocycles. The van der Waals surface area contributed by atoms with Gasteiger partial charge in [0.25, 0.3) is 5.91 Å². The summed E-state index contributed by atoms with van der Waals surface area (Å²) in [5, 5.41) is 6.19. The number of nitrogens with one attached hydrogen (secondary N) is 2. The van der Waals surface area contributed by atoms with Crippen molar-refractivity contribution >= 4 is 11.6 Å². The lowest BCUT2D eigenvalue weighted by atomic mass is 10.1. The molecule has 0 spiro atoms. The molecule has 1 rings (SSSR count). The smallest absolute Gasteiger partial charge is 0.252 e. The second-order valence-corrected chi connectivity index (χ2v) is 5.18. The Balaban J connectivity index is 2.48. The molecule has 0 atom stereocenters. The summed E-state index contributed by atoms with van der Waals surface area (Å²) in [7, 11) is 0. The molecule has 0 radical (unpaired) electrons. The summed E-state index contributed by atoms with van der Waals surface area (Å²) in [6.07, 6.45) is 6.55. The Morgan fingerprint density at radius 2 is 2.11 bits per heavy atom. The van der Waals surface area contributed by atoms with Crippen molar-refractivity contribution in [1.82, 2.24) is 10.3 Å². The van der Waals surface area contributed by atoms with Gasteiger partial charge in [0.05, 0.1) is 11.3 Å². The van der Waals surface area contributed by atoms with E-state index in [1.807, 2.05) is 6.07 Å². The Bertz CT molecular complexity index is 391. The van der Waals surface area contributed by atoms with Crippen molar-refractivity contribution in [3.05, 3.63) is 24.0 Å². The summed E-state index contributed by atoms with van der Waals surface area (Å²) in [6.45, 7) is 8.11.